The molecule has 0 aliphatic carbocycles. The standard InChI is InChI=1S/C16H23N5/c1-12(2)13-5-7-14(8-6-13)16(21-19-11-18-20-21)15-4-3-9-17-10-15/h5-8,11-12,15-17H,3-4,9-10H2,1-2H3/t15-,16?/m0/s1. The van der Waals surface area contributed by atoms with Crippen LogP contribution in [-0.2, 0) is 0 Å². The van der Waals surface area contributed by atoms with Gasteiger partial charge in [-0.3, -0.25) is 0 Å². The molecule has 3 rings (SSSR count). The predicted octanol–water partition coefficient (Wildman–Crippen LogP) is 2.39. The Kier molecular flexibility index (Phi) is 4.29. The van der Waals surface area contributed by atoms with Crippen LogP contribution in [0.15, 0.2) is 30.6 Å². The van der Waals surface area contributed by atoms with Crippen LogP contribution in [0.5, 0.6) is 0 Å². The van der Waals surface area contributed by atoms with Crippen LogP contribution >= 0.6 is 0 Å². The molecule has 1 N–H and O–H groups in total. The fraction of sp³-hybridized carbons (Fsp3) is 0.562. The molecule has 112 valence electrons. The highest BCUT2D eigenvalue weighted by Gasteiger charge is 2.28. The summed E-state index contributed by atoms with van der Waals surface area (Å²) in [5.74, 6) is 1.07. The number of tetrazole rings is 1. The molecule has 1 fully saturated rings. The van der Waals surface area contributed by atoms with Crippen molar-refractivity contribution in [2.45, 2.75) is 38.6 Å². The van der Waals surface area contributed by atoms with Crippen molar-refractivity contribution in [2.75, 3.05) is 13.1 Å². The summed E-state index contributed by atoms with van der Waals surface area (Å²) in [5, 5.41) is 15.8. The van der Waals surface area contributed by atoms with Crippen LogP contribution in [-0.4, -0.2) is 33.3 Å². The van der Waals surface area contributed by atoms with Crippen LogP contribution in [0.2, 0.25) is 0 Å². The van der Waals surface area contributed by atoms with Crippen molar-refractivity contribution in [3.8, 4) is 0 Å². The first-order chi connectivity index (χ1) is 10.3. The molecule has 1 aliphatic heterocycles. The molecule has 5 nitrogen and oxygen atoms in total. The van der Waals surface area contributed by atoms with Crippen molar-refractivity contribution >= 4 is 0 Å². The summed E-state index contributed by atoms with van der Waals surface area (Å²) in [6.45, 7) is 6.56. The molecular weight excluding hydrogens is 262 g/mol. The third-order valence-electron chi connectivity index (χ3n) is 4.34. The smallest absolute Gasteiger partial charge is 0.162 e. The van der Waals surface area contributed by atoms with E-state index in [9.17, 15) is 0 Å². The highest BCUT2D eigenvalue weighted by Crippen LogP contribution is 2.30. The fourth-order valence-electron chi connectivity index (χ4n) is 3.12. The molecule has 2 atom stereocenters. The molecule has 0 bridgehead atoms. The lowest BCUT2D eigenvalue weighted by Gasteiger charge is -2.30. The number of benzene rings is 1. The van der Waals surface area contributed by atoms with Crippen LogP contribution in [0.3, 0.4) is 0 Å². The average Bonchev–Trinajstić information content (AvgIpc) is 3.03. The fourth-order valence-corrected chi connectivity index (χ4v) is 3.12. The second-order valence-electron chi connectivity index (χ2n) is 6.13. The highest BCUT2D eigenvalue weighted by atomic mass is 15.6. The van der Waals surface area contributed by atoms with Crippen LogP contribution in [0.1, 0.15) is 49.8 Å². The maximum Gasteiger partial charge on any atom is 0.162 e. The zero-order valence-electron chi connectivity index (χ0n) is 12.7. The minimum atomic E-state index is 0.168. The Morgan fingerprint density at radius 3 is 2.52 bits per heavy atom. The molecule has 5 heteroatoms. The van der Waals surface area contributed by atoms with Gasteiger partial charge in [0.15, 0.2) is 6.33 Å². The molecule has 0 spiro atoms. The molecule has 1 aliphatic rings. The molecule has 0 amide bonds. The van der Waals surface area contributed by atoms with Gasteiger partial charge in [0.1, 0.15) is 6.04 Å². The maximum atomic E-state index is 4.29. The van der Waals surface area contributed by atoms with E-state index in [1.807, 2.05) is 0 Å². The number of nitrogens with one attached hydrogen (secondary N) is 1. The van der Waals surface area contributed by atoms with Crippen LogP contribution in [0.25, 0.3) is 0 Å². The summed E-state index contributed by atoms with van der Waals surface area (Å²) < 4.78 is 0. The lowest BCUT2D eigenvalue weighted by atomic mass is 9.87. The van der Waals surface area contributed by atoms with Gasteiger partial charge >= 0.3 is 0 Å². The zero-order chi connectivity index (χ0) is 14.7. The summed E-state index contributed by atoms with van der Waals surface area (Å²) in [5.41, 5.74) is 2.64. The molecule has 1 unspecified atom stereocenters. The first kappa shape index (κ1) is 14.2. The van der Waals surface area contributed by atoms with Crippen LogP contribution in [0, 0.1) is 5.92 Å². The normalized spacial score (nSPS) is 20.6. The number of aromatic nitrogens is 4. The van der Waals surface area contributed by atoms with Gasteiger partial charge in [-0.25, -0.2) is 0 Å². The number of nitrogens with zero attached hydrogens (tertiary/aromatic N) is 4. The molecule has 2 aromatic rings. The number of hydrogen-bond acceptors (Lipinski definition) is 4. The van der Waals surface area contributed by atoms with Gasteiger partial charge in [-0.1, -0.05) is 38.1 Å². The molecule has 21 heavy (non-hydrogen) atoms. The van der Waals surface area contributed by atoms with E-state index in [1.54, 1.807) is 4.80 Å². The highest BCUT2D eigenvalue weighted by molar-refractivity contribution is 5.27. The summed E-state index contributed by atoms with van der Waals surface area (Å²) in [6.07, 6.45) is 3.93. The Balaban J connectivity index is 1.91. The Morgan fingerprint density at radius 2 is 1.95 bits per heavy atom. The van der Waals surface area contributed by atoms with E-state index in [0.717, 1.165) is 13.1 Å². The molecule has 2 heterocycles. The molecule has 0 saturated carbocycles. The van der Waals surface area contributed by atoms with Gasteiger partial charge in [-0.05, 0) is 47.6 Å². The maximum absolute atomic E-state index is 4.29. The predicted molar refractivity (Wildman–Crippen MR) is 82.1 cm³/mol. The molecule has 1 saturated heterocycles. The van der Waals surface area contributed by atoms with Crippen molar-refractivity contribution in [1.82, 2.24) is 25.5 Å². The third-order valence-corrected chi connectivity index (χ3v) is 4.34. The monoisotopic (exact) mass is 285 g/mol. The second kappa shape index (κ2) is 6.35. The van der Waals surface area contributed by atoms with Gasteiger partial charge in [0, 0.05) is 6.54 Å². The third kappa shape index (κ3) is 3.13. The molecular formula is C16H23N5. The van der Waals surface area contributed by atoms with E-state index in [1.165, 1.54) is 30.3 Å². The van der Waals surface area contributed by atoms with Crippen LogP contribution in [0.4, 0.5) is 0 Å². The Morgan fingerprint density at radius 1 is 1.19 bits per heavy atom. The lowest BCUT2D eigenvalue weighted by Crippen LogP contribution is -2.36. The van der Waals surface area contributed by atoms with Gasteiger partial charge in [0.25, 0.3) is 0 Å². The van der Waals surface area contributed by atoms with E-state index < -0.39 is 0 Å². The van der Waals surface area contributed by atoms with Crippen LogP contribution < -0.4 is 5.32 Å². The largest absolute Gasteiger partial charge is 0.316 e. The SMILES string of the molecule is CC(C)c1ccc(C([C@H]2CCCNC2)n2ncnn2)cc1. The Bertz CT molecular complexity index is 541. The summed E-state index contributed by atoms with van der Waals surface area (Å²) in [4.78, 5) is 1.77. The zero-order valence-corrected chi connectivity index (χ0v) is 12.7. The molecule has 1 aromatic carbocycles. The summed E-state index contributed by atoms with van der Waals surface area (Å²) in [7, 11) is 0. The van der Waals surface area contributed by atoms with Gasteiger partial charge < -0.3 is 5.32 Å². The van der Waals surface area contributed by atoms with Crippen molar-refractivity contribution in [1.29, 1.82) is 0 Å². The van der Waals surface area contributed by atoms with Gasteiger partial charge in [-0.15, -0.1) is 10.2 Å². The second-order valence-corrected chi connectivity index (χ2v) is 6.13. The van der Waals surface area contributed by atoms with Gasteiger partial charge in [0.2, 0.25) is 0 Å². The van der Waals surface area contributed by atoms with E-state index in [-0.39, 0.29) is 6.04 Å². The minimum Gasteiger partial charge on any atom is -0.316 e. The van der Waals surface area contributed by atoms with E-state index in [2.05, 4.69) is 58.8 Å². The van der Waals surface area contributed by atoms with E-state index in [0.29, 0.717) is 11.8 Å². The van der Waals surface area contributed by atoms with Gasteiger partial charge in [0.05, 0.1) is 0 Å². The lowest BCUT2D eigenvalue weighted by molar-refractivity contribution is 0.261. The Hall–Kier alpha value is -1.75. The molecule has 0 radical (unpaired) electrons. The molecule has 1 aromatic heterocycles. The minimum absolute atomic E-state index is 0.168. The van der Waals surface area contributed by atoms with Crippen molar-refractivity contribution in [3.63, 3.8) is 0 Å². The first-order valence-electron chi connectivity index (χ1n) is 7.78. The topological polar surface area (TPSA) is 55.6 Å². The number of piperidine rings is 1. The van der Waals surface area contributed by atoms with Gasteiger partial charge in [-0.2, -0.15) is 4.80 Å². The summed E-state index contributed by atoms with van der Waals surface area (Å²) in [6, 6.07) is 9.05. The average molecular weight is 285 g/mol. The quantitative estimate of drug-likeness (QED) is 0.937. The summed E-state index contributed by atoms with van der Waals surface area (Å²) >= 11 is 0. The number of hydrogen-bond donors (Lipinski definition) is 1. The first-order valence-corrected chi connectivity index (χ1v) is 7.78. The van der Waals surface area contributed by atoms with E-state index in [4.69, 9.17) is 0 Å². The van der Waals surface area contributed by atoms with E-state index >= 15 is 0 Å². The Labute approximate surface area is 125 Å². The van der Waals surface area contributed by atoms with Crippen molar-refractivity contribution in [2.24, 2.45) is 5.92 Å². The van der Waals surface area contributed by atoms with Crippen molar-refractivity contribution < 1.29 is 0 Å². The van der Waals surface area contributed by atoms with Crippen molar-refractivity contribution in [3.05, 3.63) is 41.7 Å². The number of rotatable bonds is 4.